The Kier molecular flexibility index (Phi) is 4.24. The van der Waals surface area contributed by atoms with Gasteiger partial charge < -0.3 is 14.4 Å². The molecule has 0 saturated heterocycles. The van der Waals surface area contributed by atoms with Crippen LogP contribution in [0, 0.1) is 0 Å². The van der Waals surface area contributed by atoms with Gasteiger partial charge in [0.25, 0.3) is 5.91 Å². The van der Waals surface area contributed by atoms with Crippen LogP contribution in [0.1, 0.15) is 32.1 Å². The number of methoxy groups -OCH3 is 2. The van der Waals surface area contributed by atoms with Crippen LogP contribution in [-0.4, -0.2) is 47.3 Å². The normalized spacial score (nSPS) is 13.4. The third-order valence-corrected chi connectivity index (χ3v) is 4.23. The maximum atomic E-state index is 12.7. The number of carbonyl (C=O) groups is 2. The molecule has 1 amide bonds. The molecule has 0 fully saturated rings. The van der Waals surface area contributed by atoms with E-state index in [9.17, 15) is 9.59 Å². The second-order valence-corrected chi connectivity index (χ2v) is 5.60. The lowest BCUT2D eigenvalue weighted by Crippen LogP contribution is -2.36. The van der Waals surface area contributed by atoms with Crippen molar-refractivity contribution in [2.45, 2.75) is 13.0 Å². The van der Waals surface area contributed by atoms with E-state index in [1.165, 1.54) is 7.11 Å². The second kappa shape index (κ2) is 6.35. The first-order valence-electron chi connectivity index (χ1n) is 7.61. The molecule has 1 aliphatic heterocycles. The van der Waals surface area contributed by atoms with Crippen LogP contribution in [0.4, 0.5) is 0 Å². The lowest BCUT2D eigenvalue weighted by Gasteiger charge is -2.27. The standard InChI is InChI=1S/C17H19N3O4/c1-19-14-10-20(8-7-13(14)15(18-19)17(22)24-3)16(21)11-5-4-6-12(9-11)23-2/h4-6,9H,7-8,10H2,1-3H3. The summed E-state index contributed by atoms with van der Waals surface area (Å²) in [5, 5.41) is 4.24. The molecule has 1 aromatic carbocycles. The summed E-state index contributed by atoms with van der Waals surface area (Å²) in [5.41, 5.74) is 2.63. The third kappa shape index (κ3) is 2.73. The third-order valence-electron chi connectivity index (χ3n) is 4.23. The van der Waals surface area contributed by atoms with Gasteiger partial charge in [0.05, 0.1) is 26.5 Å². The van der Waals surface area contributed by atoms with Gasteiger partial charge in [0, 0.05) is 24.7 Å². The maximum absolute atomic E-state index is 12.7. The van der Waals surface area contributed by atoms with E-state index in [4.69, 9.17) is 9.47 Å². The minimum absolute atomic E-state index is 0.0691. The zero-order valence-electron chi connectivity index (χ0n) is 13.9. The Morgan fingerprint density at radius 1 is 1.25 bits per heavy atom. The van der Waals surface area contributed by atoms with Gasteiger partial charge in [0.2, 0.25) is 0 Å². The van der Waals surface area contributed by atoms with Crippen molar-refractivity contribution in [2.24, 2.45) is 7.05 Å². The number of hydrogen-bond acceptors (Lipinski definition) is 5. The first-order chi connectivity index (χ1) is 11.5. The smallest absolute Gasteiger partial charge is 0.358 e. The summed E-state index contributed by atoms with van der Waals surface area (Å²) in [6, 6.07) is 7.08. The number of esters is 1. The molecule has 0 atom stereocenters. The summed E-state index contributed by atoms with van der Waals surface area (Å²) in [6.07, 6.45) is 0.573. The number of carbonyl (C=O) groups excluding carboxylic acids is 2. The minimum atomic E-state index is -0.445. The molecule has 1 aliphatic rings. The highest BCUT2D eigenvalue weighted by molar-refractivity contribution is 5.95. The molecule has 7 heteroatoms. The topological polar surface area (TPSA) is 73.7 Å². The van der Waals surface area contributed by atoms with Gasteiger partial charge in [0.15, 0.2) is 5.69 Å². The fraction of sp³-hybridized carbons (Fsp3) is 0.353. The molecule has 2 heterocycles. The van der Waals surface area contributed by atoms with Crippen LogP contribution < -0.4 is 4.74 Å². The largest absolute Gasteiger partial charge is 0.497 e. The Hall–Kier alpha value is -2.83. The fourth-order valence-electron chi connectivity index (χ4n) is 2.94. The lowest BCUT2D eigenvalue weighted by atomic mass is 10.0. The summed E-state index contributed by atoms with van der Waals surface area (Å²) in [7, 11) is 4.68. The summed E-state index contributed by atoms with van der Waals surface area (Å²) in [5.74, 6) is 0.131. The first kappa shape index (κ1) is 16.0. The highest BCUT2D eigenvalue weighted by Crippen LogP contribution is 2.24. The summed E-state index contributed by atoms with van der Waals surface area (Å²) in [6.45, 7) is 0.935. The predicted molar refractivity (Wildman–Crippen MR) is 86.0 cm³/mol. The average molecular weight is 329 g/mol. The molecule has 7 nitrogen and oxygen atoms in total. The van der Waals surface area contributed by atoms with E-state index >= 15 is 0 Å². The highest BCUT2D eigenvalue weighted by Gasteiger charge is 2.29. The summed E-state index contributed by atoms with van der Waals surface area (Å²) >= 11 is 0. The quantitative estimate of drug-likeness (QED) is 0.796. The zero-order chi connectivity index (χ0) is 17.3. The van der Waals surface area contributed by atoms with Crippen LogP contribution in [0.2, 0.25) is 0 Å². The van der Waals surface area contributed by atoms with Gasteiger partial charge in [0.1, 0.15) is 5.75 Å². The molecular weight excluding hydrogens is 310 g/mol. The molecule has 0 radical (unpaired) electrons. The van der Waals surface area contributed by atoms with Crippen molar-refractivity contribution >= 4 is 11.9 Å². The molecule has 126 valence electrons. The van der Waals surface area contributed by atoms with Crippen LogP contribution in [0.5, 0.6) is 5.75 Å². The van der Waals surface area contributed by atoms with Gasteiger partial charge in [-0.1, -0.05) is 6.07 Å². The number of ether oxygens (including phenoxy) is 2. The Morgan fingerprint density at radius 3 is 2.75 bits per heavy atom. The average Bonchev–Trinajstić information content (AvgIpc) is 2.96. The molecule has 3 rings (SSSR count). The number of aromatic nitrogens is 2. The zero-order valence-corrected chi connectivity index (χ0v) is 13.9. The van der Waals surface area contributed by atoms with Crippen LogP contribution in [0.15, 0.2) is 24.3 Å². The van der Waals surface area contributed by atoms with Crippen molar-refractivity contribution in [1.82, 2.24) is 14.7 Å². The van der Waals surface area contributed by atoms with Crippen LogP contribution in [0.3, 0.4) is 0 Å². The number of fused-ring (bicyclic) bond motifs is 1. The Morgan fingerprint density at radius 2 is 2.04 bits per heavy atom. The van der Waals surface area contributed by atoms with E-state index < -0.39 is 5.97 Å². The highest BCUT2D eigenvalue weighted by atomic mass is 16.5. The number of aryl methyl sites for hydroxylation is 1. The molecular formula is C17H19N3O4. The molecule has 1 aromatic heterocycles. The van der Waals surface area contributed by atoms with Crippen LogP contribution in [-0.2, 0) is 24.8 Å². The van der Waals surface area contributed by atoms with Gasteiger partial charge in [-0.05, 0) is 24.6 Å². The van der Waals surface area contributed by atoms with Crippen molar-refractivity contribution in [3.05, 3.63) is 46.8 Å². The van der Waals surface area contributed by atoms with Crippen molar-refractivity contribution in [1.29, 1.82) is 0 Å². The van der Waals surface area contributed by atoms with Gasteiger partial charge >= 0.3 is 5.97 Å². The van der Waals surface area contributed by atoms with Crippen molar-refractivity contribution in [3.63, 3.8) is 0 Å². The molecule has 2 aromatic rings. The van der Waals surface area contributed by atoms with Crippen molar-refractivity contribution in [3.8, 4) is 5.75 Å². The number of nitrogens with zero attached hydrogens (tertiary/aromatic N) is 3. The van der Waals surface area contributed by atoms with E-state index in [-0.39, 0.29) is 5.91 Å². The fourth-order valence-corrected chi connectivity index (χ4v) is 2.94. The Labute approximate surface area is 139 Å². The van der Waals surface area contributed by atoms with Gasteiger partial charge in [-0.3, -0.25) is 9.48 Å². The molecule has 0 bridgehead atoms. The van der Waals surface area contributed by atoms with E-state index in [1.807, 2.05) is 0 Å². The van der Waals surface area contributed by atoms with E-state index in [2.05, 4.69) is 5.10 Å². The van der Waals surface area contributed by atoms with E-state index in [0.29, 0.717) is 36.5 Å². The van der Waals surface area contributed by atoms with Crippen LogP contribution >= 0.6 is 0 Å². The molecule has 0 aliphatic carbocycles. The molecule has 0 unspecified atom stereocenters. The monoisotopic (exact) mass is 329 g/mol. The Bertz CT molecular complexity index is 797. The molecule has 24 heavy (non-hydrogen) atoms. The number of hydrogen-bond donors (Lipinski definition) is 0. The van der Waals surface area contributed by atoms with Crippen LogP contribution in [0.25, 0.3) is 0 Å². The number of benzene rings is 1. The Balaban J connectivity index is 1.86. The predicted octanol–water partition coefficient (Wildman–Crippen LogP) is 1.41. The van der Waals surface area contributed by atoms with E-state index in [0.717, 1.165) is 11.3 Å². The summed E-state index contributed by atoms with van der Waals surface area (Å²) in [4.78, 5) is 26.3. The lowest BCUT2D eigenvalue weighted by molar-refractivity contribution is 0.0591. The van der Waals surface area contributed by atoms with Gasteiger partial charge in [-0.15, -0.1) is 0 Å². The maximum Gasteiger partial charge on any atom is 0.358 e. The van der Waals surface area contributed by atoms with Crippen molar-refractivity contribution < 1.29 is 19.1 Å². The SMILES string of the molecule is COC(=O)c1nn(C)c2c1CCN(C(=O)c1cccc(OC)c1)C2. The second-order valence-electron chi connectivity index (χ2n) is 5.60. The van der Waals surface area contributed by atoms with E-state index in [1.54, 1.807) is 48.0 Å². The van der Waals surface area contributed by atoms with Crippen molar-refractivity contribution in [2.75, 3.05) is 20.8 Å². The van der Waals surface area contributed by atoms with Gasteiger partial charge in [-0.25, -0.2) is 4.79 Å². The number of rotatable bonds is 3. The molecule has 0 saturated carbocycles. The number of amides is 1. The summed E-state index contributed by atoms with van der Waals surface area (Å²) < 4.78 is 11.6. The minimum Gasteiger partial charge on any atom is -0.497 e. The molecule has 0 N–H and O–H groups in total. The molecule has 0 spiro atoms. The van der Waals surface area contributed by atoms with Gasteiger partial charge in [-0.2, -0.15) is 5.10 Å². The first-order valence-corrected chi connectivity index (χ1v) is 7.61.